The van der Waals surface area contributed by atoms with Crippen LogP contribution in [0, 0.1) is 0 Å². The van der Waals surface area contributed by atoms with Gasteiger partial charge in [-0.2, -0.15) is 0 Å². The highest BCUT2D eigenvalue weighted by Gasteiger charge is 2.36. The van der Waals surface area contributed by atoms with Gasteiger partial charge in [0.15, 0.2) is 0 Å². The van der Waals surface area contributed by atoms with Gasteiger partial charge in [-0.25, -0.2) is 0 Å². The van der Waals surface area contributed by atoms with Crippen LogP contribution in [0.15, 0.2) is 54.6 Å². The summed E-state index contributed by atoms with van der Waals surface area (Å²) >= 11 is 0. The molecule has 2 heterocycles. The zero-order chi connectivity index (χ0) is 23.1. The van der Waals surface area contributed by atoms with E-state index in [-0.39, 0.29) is 11.5 Å². The summed E-state index contributed by atoms with van der Waals surface area (Å²) in [5.41, 5.74) is 4.00. The maximum absolute atomic E-state index is 13.1. The number of carbonyl (C=O) groups excluding carboxylic acids is 1. The number of nitrogens with zero attached hydrogens (tertiary/aromatic N) is 1. The number of fused-ring (bicyclic) bond motifs is 1. The van der Waals surface area contributed by atoms with Crippen molar-refractivity contribution in [3.8, 4) is 5.75 Å². The minimum Gasteiger partial charge on any atom is -0.482 e. The van der Waals surface area contributed by atoms with Crippen LogP contribution in [-0.2, 0) is 0 Å². The third-order valence-electron chi connectivity index (χ3n) is 6.99. The second-order valence-corrected chi connectivity index (χ2v) is 9.35. The van der Waals surface area contributed by atoms with E-state index in [0.29, 0.717) is 0 Å². The van der Waals surface area contributed by atoms with Crippen LogP contribution in [0.25, 0.3) is 5.57 Å². The molecule has 0 bridgehead atoms. The van der Waals surface area contributed by atoms with E-state index < -0.39 is 0 Å². The minimum atomic E-state index is -0.250. The van der Waals surface area contributed by atoms with E-state index in [1.807, 2.05) is 23.1 Å². The van der Waals surface area contributed by atoms with E-state index >= 15 is 0 Å². The molecule has 1 amide bonds. The van der Waals surface area contributed by atoms with Gasteiger partial charge in [-0.3, -0.25) is 4.79 Å². The number of hydrogen-bond acceptors (Lipinski definition) is 3. The third kappa shape index (κ3) is 5.50. The monoisotopic (exact) mass is 446 g/mol. The molecule has 0 aliphatic carbocycles. The molecule has 2 aromatic rings. The van der Waals surface area contributed by atoms with E-state index in [4.69, 9.17) is 4.74 Å². The Balaban J connectivity index is 1.52. The van der Waals surface area contributed by atoms with Crippen LogP contribution in [-0.4, -0.2) is 42.6 Å². The molecule has 4 heteroatoms. The second-order valence-electron chi connectivity index (χ2n) is 9.35. The van der Waals surface area contributed by atoms with Gasteiger partial charge < -0.3 is 15.0 Å². The molecule has 0 aromatic heterocycles. The fourth-order valence-corrected chi connectivity index (χ4v) is 4.99. The van der Waals surface area contributed by atoms with Gasteiger partial charge >= 0.3 is 0 Å². The quantitative estimate of drug-likeness (QED) is 0.476. The number of carbonyl (C=O) groups is 1. The van der Waals surface area contributed by atoms with E-state index in [0.717, 1.165) is 67.9 Å². The molecular weight excluding hydrogens is 408 g/mol. The van der Waals surface area contributed by atoms with Crippen molar-refractivity contribution in [3.05, 3.63) is 71.3 Å². The van der Waals surface area contributed by atoms with Gasteiger partial charge in [-0.05, 0) is 61.8 Å². The molecule has 4 rings (SSSR count). The Kier molecular flexibility index (Phi) is 7.87. The molecule has 1 saturated heterocycles. The number of amides is 1. The van der Waals surface area contributed by atoms with Gasteiger partial charge in [-0.15, -0.1) is 0 Å². The van der Waals surface area contributed by atoms with Crippen molar-refractivity contribution in [3.63, 3.8) is 0 Å². The molecular formula is C29H38N2O2. The average molecular weight is 447 g/mol. The van der Waals surface area contributed by atoms with E-state index in [9.17, 15) is 4.79 Å². The maximum Gasteiger partial charge on any atom is 0.253 e. The van der Waals surface area contributed by atoms with Crippen molar-refractivity contribution < 1.29 is 9.53 Å². The lowest BCUT2D eigenvalue weighted by Gasteiger charge is -2.40. The van der Waals surface area contributed by atoms with Crippen molar-refractivity contribution in [2.75, 3.05) is 26.2 Å². The van der Waals surface area contributed by atoms with Crippen LogP contribution in [0.4, 0.5) is 0 Å². The lowest BCUT2D eigenvalue weighted by Crippen LogP contribution is -2.46. The van der Waals surface area contributed by atoms with Crippen LogP contribution in [0.1, 0.15) is 80.3 Å². The molecule has 1 spiro atoms. The van der Waals surface area contributed by atoms with Crippen molar-refractivity contribution in [2.24, 2.45) is 0 Å². The van der Waals surface area contributed by atoms with Gasteiger partial charge in [0, 0.05) is 37.1 Å². The molecule has 0 saturated carbocycles. The standard InChI is InChI=1S/C29H38N2O2/c1-3-5-6-7-10-21-31(4-2)28(32)24-15-13-23(14-16-24)26-22-29(17-19-30-20-18-29)33-27-12-9-8-11-25(26)27/h8-9,11-16,22,30H,3-7,10,17-21H2,1-2H3. The Morgan fingerprint density at radius 2 is 1.70 bits per heavy atom. The summed E-state index contributed by atoms with van der Waals surface area (Å²) < 4.78 is 6.50. The van der Waals surface area contributed by atoms with Crippen LogP contribution in [0.3, 0.4) is 0 Å². The van der Waals surface area contributed by atoms with Crippen LogP contribution in [0.5, 0.6) is 5.75 Å². The summed E-state index contributed by atoms with van der Waals surface area (Å²) in [5, 5.41) is 3.44. The van der Waals surface area contributed by atoms with Gasteiger partial charge in [0.2, 0.25) is 0 Å². The summed E-state index contributed by atoms with van der Waals surface area (Å²) in [5.74, 6) is 1.09. The molecule has 2 aliphatic heterocycles. The highest BCUT2D eigenvalue weighted by atomic mass is 16.5. The highest BCUT2D eigenvalue weighted by molar-refractivity contribution is 5.95. The molecule has 176 valence electrons. The lowest BCUT2D eigenvalue weighted by atomic mass is 9.83. The minimum absolute atomic E-state index is 0.135. The molecule has 2 aromatic carbocycles. The maximum atomic E-state index is 13.1. The largest absolute Gasteiger partial charge is 0.482 e. The number of para-hydroxylation sites is 1. The summed E-state index contributed by atoms with van der Waals surface area (Å²) in [6, 6.07) is 16.5. The van der Waals surface area contributed by atoms with Crippen molar-refractivity contribution in [1.82, 2.24) is 10.2 Å². The Labute approximate surface area is 199 Å². The highest BCUT2D eigenvalue weighted by Crippen LogP contribution is 2.42. The predicted octanol–water partition coefficient (Wildman–Crippen LogP) is 6.07. The summed E-state index contributed by atoms with van der Waals surface area (Å²) in [4.78, 5) is 15.1. The summed E-state index contributed by atoms with van der Waals surface area (Å²) in [6.45, 7) is 7.82. The van der Waals surface area contributed by atoms with Crippen molar-refractivity contribution >= 4 is 11.5 Å². The van der Waals surface area contributed by atoms with Gasteiger partial charge in [0.05, 0.1) is 0 Å². The van der Waals surface area contributed by atoms with Crippen LogP contribution < -0.4 is 10.1 Å². The van der Waals surface area contributed by atoms with Crippen LogP contribution >= 0.6 is 0 Å². The Bertz CT molecular complexity index is 958. The molecule has 0 atom stereocenters. The fourth-order valence-electron chi connectivity index (χ4n) is 4.99. The molecule has 0 unspecified atom stereocenters. The first-order chi connectivity index (χ1) is 16.2. The second kappa shape index (κ2) is 11.0. The average Bonchev–Trinajstić information content (AvgIpc) is 2.86. The zero-order valence-corrected chi connectivity index (χ0v) is 20.2. The predicted molar refractivity (Wildman–Crippen MR) is 136 cm³/mol. The zero-order valence-electron chi connectivity index (χ0n) is 20.2. The number of ether oxygens (including phenoxy) is 1. The number of piperidine rings is 1. The summed E-state index contributed by atoms with van der Waals surface area (Å²) in [7, 11) is 0. The third-order valence-corrected chi connectivity index (χ3v) is 6.99. The Hall–Kier alpha value is -2.59. The number of nitrogens with one attached hydrogen (secondary N) is 1. The van der Waals surface area contributed by atoms with E-state index in [1.54, 1.807) is 0 Å². The number of hydrogen-bond donors (Lipinski definition) is 1. The summed E-state index contributed by atoms with van der Waals surface area (Å²) in [6.07, 6.45) is 10.3. The first kappa shape index (κ1) is 23.6. The first-order valence-corrected chi connectivity index (χ1v) is 12.8. The van der Waals surface area contributed by atoms with E-state index in [1.165, 1.54) is 31.3 Å². The Morgan fingerprint density at radius 3 is 2.42 bits per heavy atom. The van der Waals surface area contributed by atoms with Gasteiger partial charge in [0.1, 0.15) is 11.4 Å². The number of benzene rings is 2. The normalized spacial score (nSPS) is 16.6. The van der Waals surface area contributed by atoms with Crippen molar-refractivity contribution in [2.45, 2.75) is 64.4 Å². The van der Waals surface area contributed by atoms with Crippen LogP contribution in [0.2, 0.25) is 0 Å². The molecule has 1 fully saturated rings. The SMILES string of the molecule is CCCCCCCN(CC)C(=O)c1ccc(C2=CC3(CCNCC3)Oc3ccccc32)cc1. The van der Waals surface area contributed by atoms with Gasteiger partial charge in [-0.1, -0.05) is 62.9 Å². The first-order valence-electron chi connectivity index (χ1n) is 12.8. The number of rotatable bonds is 9. The molecule has 0 radical (unpaired) electrons. The molecule has 33 heavy (non-hydrogen) atoms. The molecule has 1 N–H and O–H groups in total. The fraction of sp³-hybridized carbons (Fsp3) is 0.483. The molecule has 4 nitrogen and oxygen atoms in total. The molecule has 2 aliphatic rings. The van der Waals surface area contributed by atoms with Crippen molar-refractivity contribution in [1.29, 1.82) is 0 Å². The lowest BCUT2D eigenvalue weighted by molar-refractivity contribution is 0.0761. The number of unbranched alkanes of at least 4 members (excludes halogenated alkanes) is 4. The van der Waals surface area contributed by atoms with E-state index in [2.05, 4.69) is 55.6 Å². The smallest absolute Gasteiger partial charge is 0.253 e. The topological polar surface area (TPSA) is 41.6 Å². The Morgan fingerprint density at radius 1 is 0.970 bits per heavy atom. The van der Waals surface area contributed by atoms with Gasteiger partial charge in [0.25, 0.3) is 5.91 Å².